The minimum absolute atomic E-state index is 0.181. The number of hydrogen-bond donors (Lipinski definition) is 0. The van der Waals surface area contributed by atoms with Crippen molar-refractivity contribution in [1.29, 1.82) is 0 Å². The Morgan fingerprint density at radius 1 is 1.41 bits per heavy atom. The molecule has 3 rings (SSSR count). The maximum Gasteiger partial charge on any atom is 0.224 e. The first-order chi connectivity index (χ1) is 10.6. The molecule has 114 valence electrons. The highest BCUT2D eigenvalue weighted by atomic mass is 32.1. The summed E-state index contributed by atoms with van der Waals surface area (Å²) in [6.45, 7) is 4.43. The number of thiazole rings is 1. The average molecular weight is 315 g/mol. The van der Waals surface area contributed by atoms with Gasteiger partial charge in [0.25, 0.3) is 0 Å². The van der Waals surface area contributed by atoms with Crippen molar-refractivity contribution in [2.24, 2.45) is 5.18 Å². The van der Waals surface area contributed by atoms with Gasteiger partial charge in [0.05, 0.1) is 12.5 Å². The van der Waals surface area contributed by atoms with Gasteiger partial charge in [-0.2, -0.15) is 4.91 Å². The Labute approximate surface area is 132 Å². The zero-order chi connectivity index (χ0) is 15.7. The fraction of sp³-hybridized carbons (Fsp3) is 0.312. The van der Waals surface area contributed by atoms with Gasteiger partial charge in [0.15, 0.2) is 0 Å². The summed E-state index contributed by atoms with van der Waals surface area (Å²) in [6, 6.07) is 6.53. The van der Waals surface area contributed by atoms with Crippen LogP contribution in [0.3, 0.4) is 0 Å². The van der Waals surface area contributed by atoms with Crippen molar-refractivity contribution in [2.75, 3.05) is 7.11 Å². The number of hydrogen-bond acceptors (Lipinski definition) is 5. The molecule has 0 unspecified atom stereocenters. The summed E-state index contributed by atoms with van der Waals surface area (Å²) >= 11 is 1.54. The zero-order valence-corrected chi connectivity index (χ0v) is 13.6. The highest BCUT2D eigenvalue weighted by molar-refractivity contribution is 7.13. The molecular weight excluding hydrogens is 298 g/mol. The van der Waals surface area contributed by atoms with Gasteiger partial charge in [0, 0.05) is 34.3 Å². The van der Waals surface area contributed by atoms with Crippen LogP contribution in [0.25, 0.3) is 21.5 Å². The molecule has 0 bridgehead atoms. The maximum absolute atomic E-state index is 10.7. The first-order valence-corrected chi connectivity index (χ1v) is 7.94. The van der Waals surface area contributed by atoms with Crippen LogP contribution in [0.2, 0.25) is 0 Å². The monoisotopic (exact) mass is 315 g/mol. The van der Waals surface area contributed by atoms with E-state index in [4.69, 9.17) is 4.74 Å². The largest absolute Gasteiger partial charge is 0.480 e. The van der Waals surface area contributed by atoms with E-state index in [1.54, 1.807) is 18.4 Å². The van der Waals surface area contributed by atoms with E-state index in [9.17, 15) is 4.91 Å². The number of methoxy groups -OCH3 is 1. The van der Waals surface area contributed by atoms with Crippen molar-refractivity contribution < 1.29 is 4.74 Å². The fourth-order valence-electron chi connectivity index (χ4n) is 2.57. The van der Waals surface area contributed by atoms with Crippen molar-refractivity contribution in [3.05, 3.63) is 40.2 Å². The number of ether oxygens (including phenoxy) is 1. The molecule has 0 aliphatic carbocycles. The number of nitrogens with zero attached hydrogens (tertiary/aromatic N) is 3. The van der Waals surface area contributed by atoms with Crippen molar-refractivity contribution in [3.8, 4) is 16.5 Å². The second-order valence-corrected chi connectivity index (χ2v) is 6.23. The van der Waals surface area contributed by atoms with Crippen molar-refractivity contribution in [3.63, 3.8) is 0 Å². The lowest BCUT2D eigenvalue weighted by Gasteiger charge is -2.09. The highest BCUT2D eigenvalue weighted by Gasteiger charge is 2.13. The standard InChI is InChI=1S/C16H17N3O2S/c1-10(2)19-8-12(7-17-20)13-6-11(4-5-14(13)19)16-18-15(21-3)9-22-16/h4-6,8-10H,7H2,1-3H3. The third kappa shape index (κ3) is 2.50. The molecule has 0 spiro atoms. The van der Waals surface area contributed by atoms with Crippen LogP contribution >= 0.6 is 11.3 Å². The van der Waals surface area contributed by atoms with Gasteiger partial charge in [0.2, 0.25) is 5.88 Å². The number of fused-ring (bicyclic) bond motifs is 1. The molecule has 0 saturated carbocycles. The molecule has 22 heavy (non-hydrogen) atoms. The predicted molar refractivity (Wildman–Crippen MR) is 89.5 cm³/mol. The first kappa shape index (κ1) is 14.7. The Hall–Kier alpha value is -2.21. The van der Waals surface area contributed by atoms with E-state index in [1.807, 2.05) is 11.6 Å². The average Bonchev–Trinajstić information content (AvgIpc) is 3.12. The molecule has 6 heteroatoms. The molecule has 0 aliphatic rings. The van der Waals surface area contributed by atoms with Crippen LogP contribution in [-0.2, 0) is 6.54 Å². The molecule has 1 aromatic carbocycles. The molecule has 5 nitrogen and oxygen atoms in total. The quantitative estimate of drug-likeness (QED) is 0.645. The van der Waals surface area contributed by atoms with Gasteiger partial charge < -0.3 is 9.30 Å². The molecule has 2 aromatic heterocycles. The van der Waals surface area contributed by atoms with Gasteiger partial charge in [-0.1, -0.05) is 5.18 Å². The summed E-state index contributed by atoms with van der Waals surface area (Å²) in [6.07, 6.45) is 2.02. The van der Waals surface area contributed by atoms with E-state index in [-0.39, 0.29) is 6.54 Å². The van der Waals surface area contributed by atoms with E-state index in [0.717, 1.165) is 27.0 Å². The SMILES string of the molecule is COc1csc(-c2ccc3c(c2)c(CN=O)cn3C(C)C)n1. The third-order valence-electron chi connectivity index (χ3n) is 3.65. The normalized spacial score (nSPS) is 11.3. The summed E-state index contributed by atoms with van der Waals surface area (Å²) in [4.78, 5) is 15.1. The molecule has 2 heterocycles. The smallest absolute Gasteiger partial charge is 0.224 e. The number of benzene rings is 1. The number of rotatable bonds is 5. The molecule has 0 radical (unpaired) electrons. The topological polar surface area (TPSA) is 56.5 Å². The van der Waals surface area contributed by atoms with E-state index < -0.39 is 0 Å². The van der Waals surface area contributed by atoms with Crippen LogP contribution in [0.4, 0.5) is 0 Å². The minimum atomic E-state index is 0.181. The van der Waals surface area contributed by atoms with Gasteiger partial charge in [-0.25, -0.2) is 4.98 Å². The van der Waals surface area contributed by atoms with E-state index in [1.165, 1.54) is 0 Å². The molecule has 0 saturated heterocycles. The van der Waals surface area contributed by atoms with Gasteiger partial charge in [-0.05, 0) is 32.0 Å². The summed E-state index contributed by atoms with van der Waals surface area (Å²) in [5.74, 6) is 0.620. The molecule has 0 N–H and O–H groups in total. The molecule has 0 amide bonds. The highest BCUT2D eigenvalue weighted by Crippen LogP contribution is 2.32. The third-order valence-corrected chi connectivity index (χ3v) is 4.52. The maximum atomic E-state index is 10.7. The zero-order valence-electron chi connectivity index (χ0n) is 12.7. The predicted octanol–water partition coefficient (Wildman–Crippen LogP) is 4.62. The van der Waals surface area contributed by atoms with Crippen LogP contribution < -0.4 is 4.74 Å². The Balaban J connectivity index is 2.15. The fourth-order valence-corrected chi connectivity index (χ4v) is 3.33. The lowest BCUT2D eigenvalue weighted by molar-refractivity contribution is 0.401. The van der Waals surface area contributed by atoms with Crippen LogP contribution in [0.1, 0.15) is 25.5 Å². The second kappa shape index (κ2) is 5.88. The Morgan fingerprint density at radius 3 is 2.86 bits per heavy atom. The van der Waals surface area contributed by atoms with E-state index >= 15 is 0 Å². The summed E-state index contributed by atoms with van der Waals surface area (Å²) < 4.78 is 7.31. The van der Waals surface area contributed by atoms with Crippen LogP contribution in [0.15, 0.2) is 35.0 Å². The van der Waals surface area contributed by atoms with Crippen molar-refractivity contribution >= 4 is 22.2 Å². The molecule has 0 fully saturated rings. The Bertz CT molecular complexity index is 820. The van der Waals surface area contributed by atoms with Gasteiger partial charge in [0.1, 0.15) is 11.6 Å². The Kier molecular flexibility index (Phi) is 3.94. The Morgan fingerprint density at radius 2 is 2.23 bits per heavy atom. The van der Waals surface area contributed by atoms with E-state index in [2.05, 4.69) is 46.8 Å². The number of aromatic nitrogens is 2. The molecule has 0 aliphatic heterocycles. The molecular formula is C16H17N3O2S. The van der Waals surface area contributed by atoms with Crippen LogP contribution in [-0.4, -0.2) is 16.7 Å². The lowest BCUT2D eigenvalue weighted by atomic mass is 10.1. The second-order valence-electron chi connectivity index (χ2n) is 5.37. The minimum Gasteiger partial charge on any atom is -0.480 e. The van der Waals surface area contributed by atoms with Gasteiger partial charge in [-0.15, -0.1) is 11.3 Å². The van der Waals surface area contributed by atoms with Gasteiger partial charge >= 0.3 is 0 Å². The summed E-state index contributed by atoms with van der Waals surface area (Å²) in [5, 5.41) is 6.89. The van der Waals surface area contributed by atoms with Crippen LogP contribution in [0.5, 0.6) is 5.88 Å². The first-order valence-electron chi connectivity index (χ1n) is 7.06. The van der Waals surface area contributed by atoms with E-state index in [0.29, 0.717) is 11.9 Å². The lowest BCUT2D eigenvalue weighted by Crippen LogP contribution is -1.97. The van der Waals surface area contributed by atoms with Crippen molar-refractivity contribution in [1.82, 2.24) is 9.55 Å². The molecule has 3 aromatic rings. The van der Waals surface area contributed by atoms with Crippen LogP contribution in [0, 0.1) is 4.91 Å². The summed E-state index contributed by atoms with van der Waals surface area (Å²) in [5.41, 5.74) is 3.08. The molecule has 0 atom stereocenters. The summed E-state index contributed by atoms with van der Waals surface area (Å²) in [7, 11) is 1.61. The van der Waals surface area contributed by atoms with Gasteiger partial charge in [-0.3, -0.25) is 0 Å². The number of nitroso groups, excluding NO2 is 1. The van der Waals surface area contributed by atoms with Crippen molar-refractivity contribution in [2.45, 2.75) is 26.4 Å².